The summed E-state index contributed by atoms with van der Waals surface area (Å²) in [5, 5.41) is 6.66. The second-order valence-corrected chi connectivity index (χ2v) is 5.20. The summed E-state index contributed by atoms with van der Waals surface area (Å²) in [7, 11) is 0. The van der Waals surface area contributed by atoms with Gasteiger partial charge in [-0.3, -0.25) is 0 Å². The van der Waals surface area contributed by atoms with Gasteiger partial charge in [-0.2, -0.15) is 0 Å². The Morgan fingerprint density at radius 2 is 2.47 bits per heavy atom. The largest absolute Gasteiger partial charge is 0.376 e. The van der Waals surface area contributed by atoms with E-state index in [0.29, 0.717) is 6.10 Å². The fourth-order valence-electron chi connectivity index (χ4n) is 2.17. The van der Waals surface area contributed by atoms with Gasteiger partial charge in [-0.05, 0) is 30.7 Å². The molecule has 2 aromatic heterocycles. The van der Waals surface area contributed by atoms with Crippen molar-refractivity contribution in [3.63, 3.8) is 0 Å². The van der Waals surface area contributed by atoms with E-state index in [2.05, 4.69) is 27.6 Å². The maximum absolute atomic E-state index is 5.60. The van der Waals surface area contributed by atoms with Crippen LogP contribution < -0.4 is 5.32 Å². The highest BCUT2D eigenvalue weighted by molar-refractivity contribution is 7.17. The van der Waals surface area contributed by atoms with E-state index in [-0.39, 0.29) is 0 Å². The van der Waals surface area contributed by atoms with Crippen molar-refractivity contribution < 1.29 is 4.74 Å². The Kier molecular flexibility index (Phi) is 2.94. The maximum Gasteiger partial charge on any atom is 0.138 e. The number of hydrogen-bond acceptors (Lipinski definition) is 5. The molecule has 17 heavy (non-hydrogen) atoms. The first-order valence-corrected chi connectivity index (χ1v) is 6.77. The predicted octanol–water partition coefficient (Wildman–Crippen LogP) is 2.59. The molecular formula is C12H15N3OS. The van der Waals surface area contributed by atoms with Gasteiger partial charge in [-0.1, -0.05) is 0 Å². The van der Waals surface area contributed by atoms with Crippen molar-refractivity contribution in [3.05, 3.63) is 17.3 Å². The van der Waals surface area contributed by atoms with Crippen LogP contribution in [0.2, 0.25) is 0 Å². The Hall–Kier alpha value is -1.20. The third-order valence-electron chi connectivity index (χ3n) is 3.08. The minimum atomic E-state index is 0.332. The second kappa shape index (κ2) is 4.58. The van der Waals surface area contributed by atoms with Crippen LogP contribution in [-0.2, 0) is 4.74 Å². The van der Waals surface area contributed by atoms with Crippen LogP contribution in [-0.4, -0.2) is 29.2 Å². The molecule has 1 saturated heterocycles. The first-order valence-electron chi connectivity index (χ1n) is 5.89. The fraction of sp³-hybridized carbons (Fsp3) is 0.500. The summed E-state index contributed by atoms with van der Waals surface area (Å²) in [4.78, 5) is 9.66. The molecule has 0 amide bonds. The number of fused-ring (bicyclic) bond motifs is 1. The average Bonchev–Trinajstić information content (AvgIpc) is 2.97. The molecule has 5 heteroatoms. The number of nitrogens with one attached hydrogen (secondary N) is 1. The molecule has 0 aliphatic carbocycles. The smallest absolute Gasteiger partial charge is 0.138 e. The Labute approximate surface area is 104 Å². The first kappa shape index (κ1) is 10.9. The summed E-state index contributed by atoms with van der Waals surface area (Å²) >= 11 is 1.66. The number of anilines is 1. The lowest BCUT2D eigenvalue weighted by molar-refractivity contribution is 0.120. The van der Waals surface area contributed by atoms with Gasteiger partial charge in [-0.15, -0.1) is 11.3 Å². The zero-order valence-corrected chi connectivity index (χ0v) is 10.6. The van der Waals surface area contributed by atoms with Gasteiger partial charge in [0.25, 0.3) is 0 Å². The average molecular weight is 249 g/mol. The normalized spacial score (nSPS) is 19.9. The lowest BCUT2D eigenvalue weighted by Gasteiger charge is -2.11. The number of hydrogen-bond donors (Lipinski definition) is 1. The molecule has 0 aromatic carbocycles. The quantitative estimate of drug-likeness (QED) is 0.908. The maximum atomic E-state index is 5.60. The molecule has 0 spiro atoms. The van der Waals surface area contributed by atoms with Crippen molar-refractivity contribution >= 4 is 27.4 Å². The molecule has 90 valence electrons. The van der Waals surface area contributed by atoms with Crippen LogP contribution in [0, 0.1) is 6.92 Å². The van der Waals surface area contributed by atoms with Crippen molar-refractivity contribution in [1.29, 1.82) is 0 Å². The van der Waals surface area contributed by atoms with Gasteiger partial charge in [0, 0.05) is 13.2 Å². The van der Waals surface area contributed by atoms with Crippen LogP contribution >= 0.6 is 11.3 Å². The van der Waals surface area contributed by atoms with Gasteiger partial charge in [0.15, 0.2) is 0 Å². The Morgan fingerprint density at radius 1 is 1.53 bits per heavy atom. The van der Waals surface area contributed by atoms with Gasteiger partial charge in [-0.25, -0.2) is 9.97 Å². The molecule has 2 aromatic rings. The minimum Gasteiger partial charge on any atom is -0.376 e. The molecule has 0 radical (unpaired) electrons. The molecule has 1 atom stereocenters. The number of ether oxygens (including phenoxy) is 1. The number of nitrogens with zero attached hydrogens (tertiary/aromatic N) is 2. The van der Waals surface area contributed by atoms with E-state index in [1.54, 1.807) is 17.7 Å². The number of aryl methyl sites for hydroxylation is 1. The minimum absolute atomic E-state index is 0.332. The molecule has 4 nitrogen and oxygen atoms in total. The molecule has 0 bridgehead atoms. The zero-order chi connectivity index (χ0) is 11.7. The van der Waals surface area contributed by atoms with Crippen LogP contribution in [0.15, 0.2) is 11.7 Å². The van der Waals surface area contributed by atoms with Crippen molar-refractivity contribution in [2.24, 2.45) is 0 Å². The van der Waals surface area contributed by atoms with Crippen LogP contribution in [0.5, 0.6) is 0 Å². The SMILES string of the molecule is Cc1csc2ncnc(NCC3CCCO3)c12. The third-order valence-corrected chi connectivity index (χ3v) is 4.08. The second-order valence-electron chi connectivity index (χ2n) is 4.34. The van der Waals surface area contributed by atoms with Crippen molar-refractivity contribution in [1.82, 2.24) is 9.97 Å². The monoisotopic (exact) mass is 249 g/mol. The standard InChI is InChI=1S/C12H15N3OS/c1-8-6-17-12-10(8)11(14-7-15-12)13-5-9-3-2-4-16-9/h6-7,9H,2-5H2,1H3,(H,13,14,15). The number of aromatic nitrogens is 2. The lowest BCUT2D eigenvalue weighted by Crippen LogP contribution is -2.19. The summed E-state index contributed by atoms with van der Waals surface area (Å²) in [5.41, 5.74) is 1.24. The fourth-order valence-corrected chi connectivity index (χ4v) is 3.06. The summed E-state index contributed by atoms with van der Waals surface area (Å²) in [6.45, 7) is 3.82. The molecule has 1 aliphatic heterocycles. The van der Waals surface area contributed by atoms with Crippen LogP contribution in [0.3, 0.4) is 0 Å². The number of thiophene rings is 1. The van der Waals surface area contributed by atoms with E-state index in [0.717, 1.165) is 35.6 Å². The Bertz CT molecular complexity index is 519. The molecule has 1 N–H and O–H groups in total. The van der Waals surface area contributed by atoms with Crippen molar-refractivity contribution in [3.8, 4) is 0 Å². The highest BCUT2D eigenvalue weighted by Gasteiger charge is 2.16. The summed E-state index contributed by atoms with van der Waals surface area (Å²) in [6.07, 6.45) is 4.27. The Morgan fingerprint density at radius 3 is 3.29 bits per heavy atom. The predicted molar refractivity (Wildman–Crippen MR) is 69.6 cm³/mol. The molecule has 1 fully saturated rings. The lowest BCUT2D eigenvalue weighted by atomic mass is 10.2. The molecule has 3 heterocycles. The van der Waals surface area contributed by atoms with Gasteiger partial charge in [0.2, 0.25) is 0 Å². The van der Waals surface area contributed by atoms with Crippen LogP contribution in [0.1, 0.15) is 18.4 Å². The number of rotatable bonds is 3. The summed E-state index contributed by atoms with van der Waals surface area (Å²) in [6, 6.07) is 0. The van der Waals surface area contributed by atoms with Gasteiger partial charge in [0.05, 0.1) is 11.5 Å². The van der Waals surface area contributed by atoms with Gasteiger partial charge >= 0.3 is 0 Å². The third kappa shape index (κ3) is 2.12. The van der Waals surface area contributed by atoms with E-state index < -0.39 is 0 Å². The molecule has 1 aliphatic rings. The zero-order valence-electron chi connectivity index (χ0n) is 9.77. The highest BCUT2D eigenvalue weighted by Crippen LogP contribution is 2.28. The molecular weight excluding hydrogens is 234 g/mol. The molecule has 3 rings (SSSR count). The van der Waals surface area contributed by atoms with E-state index >= 15 is 0 Å². The Balaban J connectivity index is 1.81. The summed E-state index contributed by atoms with van der Waals surface area (Å²) in [5.74, 6) is 0.934. The van der Waals surface area contributed by atoms with Crippen molar-refractivity contribution in [2.75, 3.05) is 18.5 Å². The molecule has 0 saturated carbocycles. The van der Waals surface area contributed by atoms with E-state index in [9.17, 15) is 0 Å². The van der Waals surface area contributed by atoms with E-state index in [1.165, 1.54) is 12.0 Å². The van der Waals surface area contributed by atoms with Crippen molar-refractivity contribution in [2.45, 2.75) is 25.9 Å². The molecule has 1 unspecified atom stereocenters. The van der Waals surface area contributed by atoms with Crippen LogP contribution in [0.25, 0.3) is 10.2 Å². The van der Waals surface area contributed by atoms with Gasteiger partial charge < -0.3 is 10.1 Å². The highest BCUT2D eigenvalue weighted by atomic mass is 32.1. The summed E-state index contributed by atoms with van der Waals surface area (Å²) < 4.78 is 5.60. The van der Waals surface area contributed by atoms with E-state index in [4.69, 9.17) is 4.74 Å². The first-order chi connectivity index (χ1) is 8.34. The topological polar surface area (TPSA) is 47.0 Å². The van der Waals surface area contributed by atoms with Gasteiger partial charge in [0.1, 0.15) is 17.0 Å². The van der Waals surface area contributed by atoms with E-state index in [1.807, 2.05) is 0 Å². The van der Waals surface area contributed by atoms with Crippen LogP contribution in [0.4, 0.5) is 5.82 Å².